The first-order chi connectivity index (χ1) is 8.24. The van der Waals surface area contributed by atoms with Gasteiger partial charge in [0.15, 0.2) is 0 Å². The SMILES string of the molecule is CCCC(CCN)CCCN(C)CCOCC. The molecule has 0 spiro atoms. The van der Waals surface area contributed by atoms with Gasteiger partial charge in [0.25, 0.3) is 0 Å². The highest BCUT2D eigenvalue weighted by molar-refractivity contribution is 4.61. The van der Waals surface area contributed by atoms with Gasteiger partial charge in [-0.25, -0.2) is 0 Å². The molecule has 0 aromatic rings. The van der Waals surface area contributed by atoms with E-state index in [1.165, 1.54) is 38.6 Å². The number of rotatable bonds is 12. The van der Waals surface area contributed by atoms with Gasteiger partial charge in [-0.15, -0.1) is 0 Å². The van der Waals surface area contributed by atoms with E-state index in [9.17, 15) is 0 Å². The van der Waals surface area contributed by atoms with E-state index >= 15 is 0 Å². The minimum Gasteiger partial charge on any atom is -0.380 e. The second-order valence-electron chi connectivity index (χ2n) is 4.87. The Hall–Kier alpha value is -0.120. The molecule has 104 valence electrons. The molecule has 0 fully saturated rings. The molecular formula is C14H32N2O. The fourth-order valence-electron chi connectivity index (χ4n) is 2.20. The van der Waals surface area contributed by atoms with Gasteiger partial charge in [-0.3, -0.25) is 0 Å². The van der Waals surface area contributed by atoms with Crippen molar-refractivity contribution in [2.45, 2.75) is 46.0 Å². The first-order valence-electron chi connectivity index (χ1n) is 7.20. The van der Waals surface area contributed by atoms with Crippen molar-refractivity contribution in [3.05, 3.63) is 0 Å². The third-order valence-corrected chi connectivity index (χ3v) is 3.25. The van der Waals surface area contributed by atoms with Crippen molar-refractivity contribution < 1.29 is 4.74 Å². The number of likely N-dealkylation sites (N-methyl/N-ethyl adjacent to an activating group) is 1. The van der Waals surface area contributed by atoms with Crippen LogP contribution in [0.2, 0.25) is 0 Å². The summed E-state index contributed by atoms with van der Waals surface area (Å²) in [6.45, 7) is 9.04. The molecule has 0 aromatic heterocycles. The summed E-state index contributed by atoms with van der Waals surface area (Å²) < 4.78 is 5.35. The predicted octanol–water partition coefficient (Wildman–Crippen LogP) is 2.50. The van der Waals surface area contributed by atoms with Crippen LogP contribution in [0, 0.1) is 5.92 Å². The normalized spacial score (nSPS) is 13.2. The quantitative estimate of drug-likeness (QED) is 0.536. The van der Waals surface area contributed by atoms with Crippen molar-refractivity contribution in [1.82, 2.24) is 4.90 Å². The van der Waals surface area contributed by atoms with Gasteiger partial charge in [-0.1, -0.05) is 19.8 Å². The van der Waals surface area contributed by atoms with Gasteiger partial charge in [0.2, 0.25) is 0 Å². The summed E-state index contributed by atoms with van der Waals surface area (Å²) in [5, 5.41) is 0. The smallest absolute Gasteiger partial charge is 0.0593 e. The van der Waals surface area contributed by atoms with E-state index in [4.69, 9.17) is 10.5 Å². The molecule has 2 N–H and O–H groups in total. The summed E-state index contributed by atoms with van der Waals surface area (Å²) >= 11 is 0. The summed E-state index contributed by atoms with van der Waals surface area (Å²) in [5.41, 5.74) is 5.65. The van der Waals surface area contributed by atoms with Crippen molar-refractivity contribution in [2.24, 2.45) is 11.7 Å². The summed E-state index contributed by atoms with van der Waals surface area (Å²) in [5.74, 6) is 0.838. The maximum atomic E-state index is 5.65. The molecule has 0 saturated heterocycles. The maximum absolute atomic E-state index is 5.65. The zero-order valence-electron chi connectivity index (χ0n) is 12.1. The molecule has 17 heavy (non-hydrogen) atoms. The van der Waals surface area contributed by atoms with E-state index < -0.39 is 0 Å². The highest BCUT2D eigenvalue weighted by Gasteiger charge is 2.07. The second kappa shape index (κ2) is 12.3. The lowest BCUT2D eigenvalue weighted by Crippen LogP contribution is -2.25. The highest BCUT2D eigenvalue weighted by atomic mass is 16.5. The van der Waals surface area contributed by atoms with Crippen LogP contribution in [-0.2, 0) is 4.74 Å². The average molecular weight is 244 g/mol. The van der Waals surface area contributed by atoms with Crippen LogP contribution < -0.4 is 5.73 Å². The lowest BCUT2D eigenvalue weighted by atomic mass is 9.94. The number of hydrogen-bond donors (Lipinski definition) is 1. The largest absolute Gasteiger partial charge is 0.380 e. The number of hydrogen-bond acceptors (Lipinski definition) is 3. The zero-order chi connectivity index (χ0) is 12.9. The first kappa shape index (κ1) is 16.9. The Labute approximate surface area is 108 Å². The van der Waals surface area contributed by atoms with E-state index in [0.29, 0.717) is 0 Å². The molecule has 3 nitrogen and oxygen atoms in total. The third-order valence-electron chi connectivity index (χ3n) is 3.25. The van der Waals surface area contributed by atoms with Crippen molar-refractivity contribution in [3.63, 3.8) is 0 Å². The molecule has 0 heterocycles. The fourth-order valence-corrected chi connectivity index (χ4v) is 2.20. The minimum atomic E-state index is 0.822. The molecule has 0 bridgehead atoms. The molecule has 3 heteroatoms. The predicted molar refractivity (Wildman–Crippen MR) is 75.3 cm³/mol. The minimum absolute atomic E-state index is 0.822. The molecule has 0 aliphatic rings. The van der Waals surface area contributed by atoms with Gasteiger partial charge in [0, 0.05) is 13.2 Å². The number of nitrogens with two attached hydrogens (primary N) is 1. The molecule has 0 aliphatic heterocycles. The lowest BCUT2D eigenvalue weighted by molar-refractivity contribution is 0.121. The summed E-state index contributed by atoms with van der Waals surface area (Å²) in [4.78, 5) is 2.36. The van der Waals surface area contributed by atoms with Gasteiger partial charge < -0.3 is 15.4 Å². The van der Waals surface area contributed by atoms with Crippen molar-refractivity contribution in [2.75, 3.05) is 39.9 Å². The van der Waals surface area contributed by atoms with Crippen LogP contribution in [0.3, 0.4) is 0 Å². The maximum Gasteiger partial charge on any atom is 0.0593 e. The summed E-state index contributed by atoms with van der Waals surface area (Å²) in [6, 6.07) is 0. The fraction of sp³-hybridized carbons (Fsp3) is 1.00. The van der Waals surface area contributed by atoms with E-state index in [2.05, 4.69) is 18.9 Å². The zero-order valence-corrected chi connectivity index (χ0v) is 12.1. The van der Waals surface area contributed by atoms with E-state index in [-0.39, 0.29) is 0 Å². The Morgan fingerprint density at radius 1 is 1.12 bits per heavy atom. The summed E-state index contributed by atoms with van der Waals surface area (Å²) in [6.07, 6.45) is 6.42. The molecular weight excluding hydrogens is 212 g/mol. The topological polar surface area (TPSA) is 38.5 Å². The number of ether oxygens (including phenoxy) is 1. The Bertz CT molecular complexity index is 147. The van der Waals surface area contributed by atoms with Crippen molar-refractivity contribution in [3.8, 4) is 0 Å². The van der Waals surface area contributed by atoms with Crippen LogP contribution >= 0.6 is 0 Å². The molecule has 0 rings (SSSR count). The average Bonchev–Trinajstić information content (AvgIpc) is 2.30. The Morgan fingerprint density at radius 3 is 2.47 bits per heavy atom. The van der Waals surface area contributed by atoms with Gasteiger partial charge >= 0.3 is 0 Å². The van der Waals surface area contributed by atoms with Gasteiger partial charge in [0.1, 0.15) is 0 Å². The standard InChI is InChI=1S/C14H32N2O/c1-4-7-14(9-10-15)8-6-11-16(3)12-13-17-5-2/h14H,4-13,15H2,1-3H3. The third kappa shape index (κ3) is 10.7. The molecule has 0 radical (unpaired) electrons. The van der Waals surface area contributed by atoms with Crippen LogP contribution in [0.4, 0.5) is 0 Å². The molecule has 0 saturated carbocycles. The van der Waals surface area contributed by atoms with Crippen LogP contribution in [0.15, 0.2) is 0 Å². The second-order valence-corrected chi connectivity index (χ2v) is 4.87. The van der Waals surface area contributed by atoms with Crippen LogP contribution in [-0.4, -0.2) is 44.8 Å². The van der Waals surface area contributed by atoms with Gasteiger partial charge in [-0.2, -0.15) is 0 Å². The van der Waals surface area contributed by atoms with Crippen molar-refractivity contribution in [1.29, 1.82) is 0 Å². The van der Waals surface area contributed by atoms with Crippen LogP contribution in [0.1, 0.15) is 46.0 Å². The molecule has 0 amide bonds. The number of nitrogens with zero attached hydrogens (tertiary/aromatic N) is 1. The van der Waals surface area contributed by atoms with E-state index in [0.717, 1.165) is 32.2 Å². The first-order valence-corrected chi connectivity index (χ1v) is 7.20. The van der Waals surface area contributed by atoms with Crippen LogP contribution in [0.25, 0.3) is 0 Å². The Kier molecular flexibility index (Phi) is 12.3. The lowest BCUT2D eigenvalue weighted by Gasteiger charge is -2.19. The van der Waals surface area contributed by atoms with Gasteiger partial charge in [-0.05, 0) is 52.2 Å². The molecule has 0 aromatic carbocycles. The summed E-state index contributed by atoms with van der Waals surface area (Å²) in [7, 11) is 2.18. The molecule has 0 aliphatic carbocycles. The monoisotopic (exact) mass is 244 g/mol. The van der Waals surface area contributed by atoms with E-state index in [1.54, 1.807) is 0 Å². The van der Waals surface area contributed by atoms with E-state index in [1.807, 2.05) is 6.92 Å². The van der Waals surface area contributed by atoms with Crippen LogP contribution in [0.5, 0.6) is 0 Å². The molecule has 1 unspecified atom stereocenters. The highest BCUT2D eigenvalue weighted by Crippen LogP contribution is 2.16. The Balaban J connectivity index is 3.50. The van der Waals surface area contributed by atoms with Gasteiger partial charge in [0.05, 0.1) is 6.61 Å². The Morgan fingerprint density at radius 2 is 1.88 bits per heavy atom. The molecule has 1 atom stereocenters. The van der Waals surface area contributed by atoms with Crippen molar-refractivity contribution >= 4 is 0 Å².